The van der Waals surface area contributed by atoms with Crippen LogP contribution in [0.5, 0.6) is 0 Å². The fourth-order valence-corrected chi connectivity index (χ4v) is 2.86. The van der Waals surface area contributed by atoms with Gasteiger partial charge >= 0.3 is 0 Å². The van der Waals surface area contributed by atoms with Crippen molar-refractivity contribution in [3.63, 3.8) is 0 Å². The third-order valence-electron chi connectivity index (χ3n) is 4.47. The van der Waals surface area contributed by atoms with E-state index in [9.17, 15) is 18.4 Å². The summed E-state index contributed by atoms with van der Waals surface area (Å²) >= 11 is 0. The molecule has 0 aromatic heterocycles. The number of halogens is 2. The van der Waals surface area contributed by atoms with Crippen LogP contribution in [0, 0.1) is 25.5 Å². The van der Waals surface area contributed by atoms with Gasteiger partial charge in [-0.15, -0.1) is 0 Å². The zero-order chi connectivity index (χ0) is 19.0. The summed E-state index contributed by atoms with van der Waals surface area (Å²) in [6.45, 7) is 5.79. The van der Waals surface area contributed by atoms with Gasteiger partial charge in [0.05, 0.1) is 5.57 Å². The van der Waals surface area contributed by atoms with Crippen LogP contribution in [0.2, 0.25) is 0 Å². The summed E-state index contributed by atoms with van der Waals surface area (Å²) in [5.41, 5.74) is 3.13. The van der Waals surface area contributed by atoms with E-state index in [2.05, 4.69) is 5.32 Å². The van der Waals surface area contributed by atoms with Crippen molar-refractivity contribution in [3.05, 3.63) is 70.4 Å². The summed E-state index contributed by atoms with van der Waals surface area (Å²) in [7, 11) is 0. The minimum Gasteiger partial charge on any atom is -0.350 e. The van der Waals surface area contributed by atoms with E-state index in [1.807, 2.05) is 26.0 Å². The molecule has 4 nitrogen and oxygen atoms in total. The van der Waals surface area contributed by atoms with Gasteiger partial charge in [-0.25, -0.2) is 8.78 Å². The number of nitrogens with one attached hydrogen (secondary N) is 1. The van der Waals surface area contributed by atoms with Crippen LogP contribution in [-0.4, -0.2) is 23.3 Å². The largest absolute Gasteiger partial charge is 0.350 e. The maximum atomic E-state index is 13.5. The number of hydrogen-bond acceptors (Lipinski definition) is 3. The van der Waals surface area contributed by atoms with Crippen LogP contribution in [0.15, 0.2) is 42.1 Å². The summed E-state index contributed by atoms with van der Waals surface area (Å²) in [5.74, 6) is -2.92. The number of likely N-dealkylation sites (N-methyl/N-ethyl adjacent to an activating group) is 1. The summed E-state index contributed by atoms with van der Waals surface area (Å²) in [6.07, 6.45) is 0. The summed E-state index contributed by atoms with van der Waals surface area (Å²) in [4.78, 5) is 26.5. The van der Waals surface area contributed by atoms with Gasteiger partial charge in [0.1, 0.15) is 5.70 Å². The second kappa shape index (κ2) is 6.71. The van der Waals surface area contributed by atoms with E-state index >= 15 is 0 Å². The highest BCUT2D eigenvalue weighted by Crippen LogP contribution is 2.31. The molecule has 1 N–H and O–H groups in total. The Balaban J connectivity index is 2.11. The van der Waals surface area contributed by atoms with Gasteiger partial charge in [0.15, 0.2) is 11.6 Å². The number of aryl methyl sites for hydroxylation is 2. The number of nitrogens with zero attached hydrogens (tertiary/aromatic N) is 1. The normalized spacial score (nSPS) is 14.4. The molecule has 0 fully saturated rings. The molecule has 1 aliphatic rings. The van der Waals surface area contributed by atoms with Crippen molar-refractivity contribution in [2.45, 2.75) is 20.8 Å². The van der Waals surface area contributed by atoms with Crippen molar-refractivity contribution < 1.29 is 18.4 Å². The smallest absolute Gasteiger partial charge is 0.278 e. The average Bonchev–Trinajstić information content (AvgIpc) is 2.83. The molecule has 26 heavy (non-hydrogen) atoms. The first kappa shape index (κ1) is 17.8. The number of hydrogen-bond donors (Lipinski definition) is 1. The Kier molecular flexibility index (Phi) is 4.59. The van der Waals surface area contributed by atoms with Gasteiger partial charge in [0.25, 0.3) is 11.8 Å². The summed E-state index contributed by atoms with van der Waals surface area (Å²) in [5, 5.41) is 2.80. The van der Waals surface area contributed by atoms with Crippen molar-refractivity contribution >= 4 is 23.1 Å². The topological polar surface area (TPSA) is 49.4 Å². The molecule has 6 heteroatoms. The fraction of sp³-hybridized carbons (Fsp3) is 0.200. The zero-order valence-corrected chi connectivity index (χ0v) is 14.7. The van der Waals surface area contributed by atoms with Crippen molar-refractivity contribution in [2.75, 3.05) is 11.9 Å². The molecule has 0 saturated heterocycles. The molecule has 134 valence electrons. The molecule has 0 bridgehead atoms. The maximum Gasteiger partial charge on any atom is 0.278 e. The van der Waals surface area contributed by atoms with E-state index in [0.717, 1.165) is 28.2 Å². The number of carbonyl (C=O) groups is 2. The molecule has 0 atom stereocenters. The zero-order valence-electron chi connectivity index (χ0n) is 14.7. The number of rotatable bonds is 4. The third-order valence-corrected chi connectivity index (χ3v) is 4.47. The maximum absolute atomic E-state index is 13.5. The van der Waals surface area contributed by atoms with E-state index in [-0.39, 0.29) is 23.5 Å². The average molecular weight is 356 g/mol. The van der Waals surface area contributed by atoms with Crippen LogP contribution in [-0.2, 0) is 9.59 Å². The van der Waals surface area contributed by atoms with Gasteiger partial charge < -0.3 is 5.32 Å². The van der Waals surface area contributed by atoms with E-state index in [4.69, 9.17) is 0 Å². The molecule has 0 radical (unpaired) electrons. The van der Waals surface area contributed by atoms with Crippen LogP contribution < -0.4 is 5.32 Å². The first-order valence-corrected chi connectivity index (χ1v) is 8.23. The standard InChI is InChI=1S/C20H18F2N2O2/c1-4-24-19(25)17(13-6-5-11(2)12(3)9-13)18(20(24)26)23-14-7-8-15(21)16(22)10-14/h5-10,23H,4H2,1-3H3. The molecule has 1 heterocycles. The Morgan fingerprint density at radius 1 is 0.923 bits per heavy atom. The highest BCUT2D eigenvalue weighted by atomic mass is 19.2. The number of carbonyl (C=O) groups excluding carboxylic acids is 2. The van der Waals surface area contributed by atoms with E-state index in [0.29, 0.717) is 5.56 Å². The Morgan fingerprint density at radius 3 is 2.27 bits per heavy atom. The predicted octanol–water partition coefficient (Wildman–Crippen LogP) is 3.79. The van der Waals surface area contributed by atoms with Gasteiger partial charge in [-0.3, -0.25) is 14.5 Å². The highest BCUT2D eigenvalue weighted by Gasteiger charge is 2.38. The fourth-order valence-electron chi connectivity index (χ4n) is 2.86. The van der Waals surface area contributed by atoms with Gasteiger partial charge in [-0.2, -0.15) is 0 Å². The molecule has 2 amide bonds. The Hall–Kier alpha value is -3.02. The molecule has 0 aliphatic carbocycles. The lowest BCUT2D eigenvalue weighted by Crippen LogP contribution is -2.32. The Morgan fingerprint density at radius 2 is 1.65 bits per heavy atom. The van der Waals surface area contributed by atoms with Crippen LogP contribution >= 0.6 is 0 Å². The van der Waals surface area contributed by atoms with Crippen molar-refractivity contribution in [1.82, 2.24) is 4.90 Å². The number of anilines is 1. The lowest BCUT2D eigenvalue weighted by molar-refractivity contribution is -0.136. The van der Waals surface area contributed by atoms with Crippen LogP contribution in [0.4, 0.5) is 14.5 Å². The first-order chi connectivity index (χ1) is 12.3. The molecule has 1 aliphatic heterocycles. The molecule has 3 rings (SSSR count). The molecular formula is C20H18F2N2O2. The Labute approximate surface area is 150 Å². The Bertz CT molecular complexity index is 951. The highest BCUT2D eigenvalue weighted by molar-refractivity contribution is 6.36. The molecule has 0 spiro atoms. The second-order valence-electron chi connectivity index (χ2n) is 6.16. The third kappa shape index (κ3) is 2.98. The van der Waals surface area contributed by atoms with Crippen LogP contribution in [0.1, 0.15) is 23.6 Å². The van der Waals surface area contributed by atoms with Gasteiger partial charge in [0, 0.05) is 18.3 Å². The summed E-state index contributed by atoms with van der Waals surface area (Å²) < 4.78 is 26.6. The number of imide groups is 1. The van der Waals surface area contributed by atoms with E-state index in [1.54, 1.807) is 13.0 Å². The predicted molar refractivity (Wildman–Crippen MR) is 95.2 cm³/mol. The quantitative estimate of drug-likeness (QED) is 0.848. The minimum absolute atomic E-state index is 0.0612. The van der Waals surface area contributed by atoms with Gasteiger partial charge in [0.2, 0.25) is 0 Å². The molecule has 2 aromatic rings. The summed E-state index contributed by atoms with van der Waals surface area (Å²) in [6, 6.07) is 8.71. The molecular weight excluding hydrogens is 338 g/mol. The van der Waals surface area contributed by atoms with E-state index in [1.165, 1.54) is 6.07 Å². The first-order valence-electron chi connectivity index (χ1n) is 8.23. The molecule has 2 aromatic carbocycles. The second-order valence-corrected chi connectivity index (χ2v) is 6.16. The van der Waals surface area contributed by atoms with Crippen molar-refractivity contribution in [2.24, 2.45) is 0 Å². The van der Waals surface area contributed by atoms with E-state index < -0.39 is 23.4 Å². The molecule has 0 unspecified atom stereocenters. The number of benzene rings is 2. The minimum atomic E-state index is -1.03. The molecule has 0 saturated carbocycles. The van der Waals surface area contributed by atoms with Crippen molar-refractivity contribution in [1.29, 1.82) is 0 Å². The monoisotopic (exact) mass is 356 g/mol. The van der Waals surface area contributed by atoms with Gasteiger partial charge in [-0.1, -0.05) is 18.2 Å². The van der Waals surface area contributed by atoms with Crippen LogP contribution in [0.25, 0.3) is 5.57 Å². The van der Waals surface area contributed by atoms with Gasteiger partial charge in [-0.05, 0) is 49.6 Å². The lowest BCUT2D eigenvalue weighted by Gasteiger charge is -2.12. The SMILES string of the molecule is CCN1C(=O)C(Nc2ccc(F)c(F)c2)=C(c2ccc(C)c(C)c2)C1=O. The van der Waals surface area contributed by atoms with Crippen molar-refractivity contribution in [3.8, 4) is 0 Å². The number of amides is 2. The van der Waals surface area contributed by atoms with Crippen LogP contribution in [0.3, 0.4) is 0 Å². The lowest BCUT2D eigenvalue weighted by atomic mass is 9.99.